The van der Waals surface area contributed by atoms with Crippen molar-refractivity contribution in [3.63, 3.8) is 0 Å². The van der Waals surface area contributed by atoms with Crippen LogP contribution < -0.4 is 5.73 Å². The average molecular weight is 263 g/mol. The molecule has 0 aromatic heterocycles. The Labute approximate surface area is 116 Å². The molecule has 1 saturated carbocycles. The van der Waals surface area contributed by atoms with E-state index >= 15 is 0 Å². The van der Waals surface area contributed by atoms with Gasteiger partial charge in [-0.3, -0.25) is 0 Å². The molecular weight excluding hydrogens is 238 g/mol. The molecular formula is C16H25NS. The Bertz CT molecular complexity index is 377. The fourth-order valence-electron chi connectivity index (χ4n) is 2.90. The summed E-state index contributed by atoms with van der Waals surface area (Å²) in [5, 5.41) is 0. The second kappa shape index (κ2) is 6.63. The Kier molecular flexibility index (Phi) is 5.13. The van der Waals surface area contributed by atoms with Crippen LogP contribution in [-0.4, -0.2) is 11.8 Å². The largest absolute Gasteiger partial charge is 0.327 e. The topological polar surface area (TPSA) is 26.0 Å². The van der Waals surface area contributed by atoms with Crippen LogP contribution in [0.25, 0.3) is 0 Å². The van der Waals surface area contributed by atoms with E-state index in [1.54, 1.807) is 0 Å². The molecule has 0 amide bonds. The van der Waals surface area contributed by atoms with Gasteiger partial charge in [-0.15, -0.1) is 11.8 Å². The van der Waals surface area contributed by atoms with Crippen molar-refractivity contribution in [3.8, 4) is 0 Å². The van der Waals surface area contributed by atoms with Crippen molar-refractivity contribution in [2.75, 3.05) is 5.75 Å². The number of thioether (sulfide) groups is 1. The predicted molar refractivity (Wildman–Crippen MR) is 81.0 cm³/mol. The average Bonchev–Trinajstić information content (AvgIpc) is 2.36. The minimum atomic E-state index is 0.360. The summed E-state index contributed by atoms with van der Waals surface area (Å²) < 4.78 is 0. The van der Waals surface area contributed by atoms with E-state index in [0.717, 1.165) is 17.6 Å². The number of nitrogens with two attached hydrogens (primary N) is 1. The maximum atomic E-state index is 6.38. The number of benzene rings is 1. The summed E-state index contributed by atoms with van der Waals surface area (Å²) in [6.45, 7) is 4.51. The molecule has 1 aliphatic rings. The van der Waals surface area contributed by atoms with Gasteiger partial charge in [0.15, 0.2) is 0 Å². The second-order valence-corrected chi connectivity index (χ2v) is 6.92. The summed E-state index contributed by atoms with van der Waals surface area (Å²) in [6, 6.07) is 9.08. The summed E-state index contributed by atoms with van der Waals surface area (Å²) in [6.07, 6.45) is 5.43. The van der Waals surface area contributed by atoms with Gasteiger partial charge in [-0.2, -0.15) is 0 Å². The van der Waals surface area contributed by atoms with Crippen LogP contribution in [0.2, 0.25) is 0 Å². The van der Waals surface area contributed by atoms with Crippen molar-refractivity contribution in [2.24, 2.45) is 17.6 Å². The summed E-state index contributed by atoms with van der Waals surface area (Å²) in [5.41, 5.74) is 7.71. The molecule has 1 fully saturated rings. The number of aryl methyl sites for hydroxylation is 1. The molecule has 1 aromatic rings. The van der Waals surface area contributed by atoms with Crippen molar-refractivity contribution >= 4 is 11.8 Å². The van der Waals surface area contributed by atoms with Crippen molar-refractivity contribution < 1.29 is 0 Å². The maximum Gasteiger partial charge on any atom is 0.0162 e. The number of hydrogen-bond donors (Lipinski definition) is 1. The van der Waals surface area contributed by atoms with Gasteiger partial charge in [0.25, 0.3) is 0 Å². The van der Waals surface area contributed by atoms with E-state index in [1.807, 2.05) is 11.8 Å². The third kappa shape index (κ3) is 4.03. The normalized spacial score (nSPS) is 25.9. The van der Waals surface area contributed by atoms with Crippen LogP contribution in [0.5, 0.6) is 0 Å². The molecule has 18 heavy (non-hydrogen) atoms. The lowest BCUT2D eigenvalue weighted by molar-refractivity contribution is 0.256. The first-order valence-electron chi connectivity index (χ1n) is 7.10. The molecule has 2 N–H and O–H groups in total. The van der Waals surface area contributed by atoms with Gasteiger partial charge >= 0.3 is 0 Å². The molecule has 0 aliphatic heterocycles. The van der Waals surface area contributed by atoms with Crippen LogP contribution >= 0.6 is 11.8 Å². The molecule has 100 valence electrons. The van der Waals surface area contributed by atoms with Gasteiger partial charge in [0.05, 0.1) is 0 Å². The fourth-order valence-corrected chi connectivity index (χ4v) is 4.00. The highest BCUT2D eigenvalue weighted by Crippen LogP contribution is 2.32. The molecule has 3 atom stereocenters. The third-order valence-electron chi connectivity index (χ3n) is 4.01. The van der Waals surface area contributed by atoms with E-state index in [4.69, 9.17) is 5.73 Å². The smallest absolute Gasteiger partial charge is 0.0162 e. The lowest BCUT2D eigenvalue weighted by Crippen LogP contribution is -2.35. The maximum absolute atomic E-state index is 6.38. The molecule has 0 heterocycles. The minimum absolute atomic E-state index is 0.360. The quantitative estimate of drug-likeness (QED) is 0.822. The molecule has 0 bridgehead atoms. The predicted octanol–water partition coefficient (Wildman–Crippen LogP) is 4.24. The van der Waals surface area contributed by atoms with E-state index in [9.17, 15) is 0 Å². The van der Waals surface area contributed by atoms with E-state index in [0.29, 0.717) is 6.04 Å². The molecule has 3 unspecified atom stereocenters. The lowest BCUT2D eigenvalue weighted by atomic mass is 9.79. The highest BCUT2D eigenvalue weighted by molar-refractivity contribution is 7.99. The molecule has 1 aliphatic carbocycles. The summed E-state index contributed by atoms with van der Waals surface area (Å²) >= 11 is 1.91. The van der Waals surface area contributed by atoms with E-state index in [-0.39, 0.29) is 0 Å². The molecule has 2 rings (SSSR count). The van der Waals surface area contributed by atoms with Gasteiger partial charge < -0.3 is 5.73 Å². The first-order valence-corrected chi connectivity index (χ1v) is 8.09. The summed E-state index contributed by atoms with van der Waals surface area (Å²) in [5.74, 6) is 2.67. The van der Waals surface area contributed by atoms with Gasteiger partial charge in [-0.05, 0) is 43.7 Å². The van der Waals surface area contributed by atoms with Crippen LogP contribution in [-0.2, 0) is 0 Å². The number of rotatable bonds is 4. The molecule has 0 radical (unpaired) electrons. The Morgan fingerprint density at radius 2 is 2.22 bits per heavy atom. The SMILES string of the molecule is Cc1cccc(SCC(N)C2CCCC(C)C2)c1. The van der Waals surface area contributed by atoms with Crippen LogP contribution in [0.4, 0.5) is 0 Å². The monoisotopic (exact) mass is 263 g/mol. The highest BCUT2D eigenvalue weighted by atomic mass is 32.2. The molecule has 1 aromatic carbocycles. The van der Waals surface area contributed by atoms with Gasteiger partial charge in [0.1, 0.15) is 0 Å². The van der Waals surface area contributed by atoms with E-state index < -0.39 is 0 Å². The van der Waals surface area contributed by atoms with E-state index in [1.165, 1.54) is 36.1 Å². The van der Waals surface area contributed by atoms with Crippen molar-refractivity contribution in [2.45, 2.75) is 50.5 Å². The van der Waals surface area contributed by atoms with Gasteiger partial charge in [0.2, 0.25) is 0 Å². The van der Waals surface area contributed by atoms with Crippen LogP contribution in [0, 0.1) is 18.8 Å². The second-order valence-electron chi connectivity index (χ2n) is 5.82. The zero-order valence-electron chi connectivity index (χ0n) is 11.6. The highest BCUT2D eigenvalue weighted by Gasteiger charge is 2.24. The van der Waals surface area contributed by atoms with Gasteiger partial charge in [0, 0.05) is 16.7 Å². The summed E-state index contributed by atoms with van der Waals surface area (Å²) in [4.78, 5) is 1.36. The Morgan fingerprint density at radius 3 is 2.94 bits per heavy atom. The first kappa shape index (κ1) is 14.0. The van der Waals surface area contributed by atoms with Crippen molar-refractivity contribution in [3.05, 3.63) is 29.8 Å². The first-order chi connectivity index (χ1) is 8.65. The van der Waals surface area contributed by atoms with Gasteiger partial charge in [-0.1, -0.05) is 37.5 Å². The minimum Gasteiger partial charge on any atom is -0.327 e. The van der Waals surface area contributed by atoms with Crippen LogP contribution in [0.3, 0.4) is 0 Å². The standard InChI is InChI=1S/C16H25NS/c1-12-5-3-7-14(9-12)16(17)11-18-15-8-4-6-13(2)10-15/h4,6,8,10,12,14,16H,3,5,7,9,11,17H2,1-2H3. The Hall–Kier alpha value is -0.470. The fraction of sp³-hybridized carbons (Fsp3) is 0.625. The Balaban J connectivity index is 1.82. The van der Waals surface area contributed by atoms with Crippen LogP contribution in [0.1, 0.15) is 38.2 Å². The number of hydrogen-bond acceptors (Lipinski definition) is 2. The zero-order valence-corrected chi connectivity index (χ0v) is 12.4. The molecule has 2 heteroatoms. The lowest BCUT2D eigenvalue weighted by Gasteiger charge is -2.31. The Morgan fingerprint density at radius 1 is 1.39 bits per heavy atom. The molecule has 1 nitrogen and oxygen atoms in total. The third-order valence-corrected chi connectivity index (χ3v) is 5.15. The van der Waals surface area contributed by atoms with Gasteiger partial charge in [-0.25, -0.2) is 0 Å². The van der Waals surface area contributed by atoms with E-state index in [2.05, 4.69) is 38.1 Å². The van der Waals surface area contributed by atoms with Crippen LogP contribution in [0.15, 0.2) is 29.2 Å². The zero-order chi connectivity index (χ0) is 13.0. The van der Waals surface area contributed by atoms with Crippen molar-refractivity contribution in [1.82, 2.24) is 0 Å². The molecule has 0 saturated heterocycles. The summed E-state index contributed by atoms with van der Waals surface area (Å²) in [7, 11) is 0. The van der Waals surface area contributed by atoms with Crippen molar-refractivity contribution in [1.29, 1.82) is 0 Å². The molecule has 0 spiro atoms.